The zero-order valence-corrected chi connectivity index (χ0v) is 13.4. The number of aryl methyl sites for hydroxylation is 1. The molecule has 24 heavy (non-hydrogen) atoms. The van der Waals surface area contributed by atoms with Crippen molar-refractivity contribution in [3.63, 3.8) is 0 Å². The van der Waals surface area contributed by atoms with Gasteiger partial charge in [-0.1, -0.05) is 17.7 Å². The number of nitrogens with two attached hydrogens (primary N) is 1. The quantitative estimate of drug-likeness (QED) is 0.924. The Morgan fingerprint density at radius 3 is 2.79 bits per heavy atom. The van der Waals surface area contributed by atoms with Crippen LogP contribution in [0.25, 0.3) is 0 Å². The lowest BCUT2D eigenvalue weighted by Gasteiger charge is -2.22. The van der Waals surface area contributed by atoms with Gasteiger partial charge < -0.3 is 15.4 Å². The molecule has 0 spiro atoms. The number of ether oxygens (including phenoxy) is 1. The summed E-state index contributed by atoms with van der Waals surface area (Å²) in [5.41, 5.74) is 7.02. The fourth-order valence-corrected chi connectivity index (χ4v) is 2.93. The highest BCUT2D eigenvalue weighted by Gasteiger charge is 2.40. The maximum Gasteiger partial charge on any atom is 0.254 e. The first-order chi connectivity index (χ1) is 11.5. The molecule has 1 aliphatic heterocycles. The van der Waals surface area contributed by atoms with Crippen molar-refractivity contribution in [3.05, 3.63) is 59.9 Å². The number of benzene rings is 1. The summed E-state index contributed by atoms with van der Waals surface area (Å²) in [6.07, 6.45) is 3.34. The molecule has 0 bridgehead atoms. The Morgan fingerprint density at radius 2 is 2.12 bits per heavy atom. The summed E-state index contributed by atoms with van der Waals surface area (Å²) < 4.78 is 5.83. The SMILES string of the molecule is Cc1cccc(C(=O)N2C[C@@H](Oc3cccnc3)C[C@H]2C(N)=O)c1. The van der Waals surface area contributed by atoms with Crippen molar-refractivity contribution < 1.29 is 14.3 Å². The number of primary amides is 1. The van der Waals surface area contributed by atoms with E-state index in [0.29, 0.717) is 24.3 Å². The van der Waals surface area contributed by atoms with Crippen molar-refractivity contribution >= 4 is 11.8 Å². The molecule has 1 aliphatic rings. The van der Waals surface area contributed by atoms with Crippen LogP contribution in [0.4, 0.5) is 0 Å². The molecule has 2 amide bonds. The van der Waals surface area contributed by atoms with Gasteiger partial charge in [0.1, 0.15) is 17.9 Å². The van der Waals surface area contributed by atoms with E-state index in [0.717, 1.165) is 5.56 Å². The first kappa shape index (κ1) is 16.0. The van der Waals surface area contributed by atoms with Crippen molar-refractivity contribution in [2.75, 3.05) is 6.54 Å². The molecule has 0 unspecified atom stereocenters. The lowest BCUT2D eigenvalue weighted by atomic mass is 10.1. The van der Waals surface area contributed by atoms with E-state index in [1.54, 1.807) is 36.7 Å². The van der Waals surface area contributed by atoms with E-state index in [4.69, 9.17) is 10.5 Å². The van der Waals surface area contributed by atoms with E-state index >= 15 is 0 Å². The maximum absolute atomic E-state index is 12.8. The van der Waals surface area contributed by atoms with Gasteiger partial charge in [-0.15, -0.1) is 0 Å². The second-order valence-corrected chi connectivity index (χ2v) is 5.91. The van der Waals surface area contributed by atoms with Crippen LogP contribution in [0.1, 0.15) is 22.3 Å². The summed E-state index contributed by atoms with van der Waals surface area (Å²) in [4.78, 5) is 30.0. The normalized spacial score (nSPS) is 20.0. The summed E-state index contributed by atoms with van der Waals surface area (Å²) in [7, 11) is 0. The van der Waals surface area contributed by atoms with Crippen molar-refractivity contribution in [3.8, 4) is 5.75 Å². The van der Waals surface area contributed by atoms with Gasteiger partial charge in [0.25, 0.3) is 5.91 Å². The van der Waals surface area contributed by atoms with Crippen LogP contribution in [0.2, 0.25) is 0 Å². The third kappa shape index (κ3) is 3.37. The predicted octanol–water partition coefficient (Wildman–Crippen LogP) is 1.54. The van der Waals surface area contributed by atoms with Gasteiger partial charge in [-0.05, 0) is 31.2 Å². The number of carbonyl (C=O) groups is 2. The predicted molar refractivity (Wildman–Crippen MR) is 88.5 cm³/mol. The van der Waals surface area contributed by atoms with Crippen LogP contribution < -0.4 is 10.5 Å². The number of carbonyl (C=O) groups excluding carboxylic acids is 2. The zero-order valence-electron chi connectivity index (χ0n) is 13.4. The minimum Gasteiger partial charge on any atom is -0.487 e. The Labute approximate surface area is 140 Å². The molecule has 2 heterocycles. The smallest absolute Gasteiger partial charge is 0.254 e. The van der Waals surface area contributed by atoms with Gasteiger partial charge >= 0.3 is 0 Å². The average molecular weight is 325 g/mol. The summed E-state index contributed by atoms with van der Waals surface area (Å²) in [6.45, 7) is 2.23. The number of likely N-dealkylation sites (tertiary alicyclic amines) is 1. The molecule has 124 valence electrons. The molecular formula is C18H19N3O3. The lowest BCUT2D eigenvalue weighted by Crippen LogP contribution is -2.43. The maximum atomic E-state index is 12.8. The fraction of sp³-hybridized carbons (Fsp3) is 0.278. The topological polar surface area (TPSA) is 85.5 Å². The van der Waals surface area contributed by atoms with E-state index in [1.807, 2.05) is 19.1 Å². The Kier molecular flexibility index (Phi) is 4.46. The highest BCUT2D eigenvalue weighted by atomic mass is 16.5. The second kappa shape index (κ2) is 6.70. The molecule has 0 radical (unpaired) electrons. The molecule has 2 N–H and O–H groups in total. The van der Waals surface area contributed by atoms with E-state index in [9.17, 15) is 9.59 Å². The van der Waals surface area contributed by atoms with Crippen LogP contribution in [-0.2, 0) is 4.79 Å². The van der Waals surface area contributed by atoms with Gasteiger partial charge in [0.05, 0.1) is 12.7 Å². The van der Waals surface area contributed by atoms with Crippen LogP contribution in [0, 0.1) is 6.92 Å². The number of rotatable bonds is 4. The van der Waals surface area contributed by atoms with Crippen molar-refractivity contribution in [2.24, 2.45) is 5.73 Å². The number of nitrogens with zero attached hydrogens (tertiary/aromatic N) is 2. The minimum absolute atomic E-state index is 0.209. The molecule has 0 aliphatic carbocycles. The molecular weight excluding hydrogens is 306 g/mol. The number of hydrogen-bond acceptors (Lipinski definition) is 4. The number of aromatic nitrogens is 1. The van der Waals surface area contributed by atoms with Crippen LogP contribution >= 0.6 is 0 Å². The minimum atomic E-state index is -0.667. The molecule has 6 nitrogen and oxygen atoms in total. The first-order valence-electron chi connectivity index (χ1n) is 7.78. The van der Waals surface area contributed by atoms with Crippen LogP contribution in [-0.4, -0.2) is 40.4 Å². The van der Waals surface area contributed by atoms with Gasteiger partial charge in [0, 0.05) is 18.2 Å². The summed E-state index contributed by atoms with van der Waals surface area (Å²) in [5.74, 6) is -0.122. The summed E-state index contributed by atoms with van der Waals surface area (Å²) in [5, 5.41) is 0. The van der Waals surface area contributed by atoms with Gasteiger partial charge in [-0.3, -0.25) is 14.6 Å². The third-order valence-corrected chi connectivity index (χ3v) is 4.05. The highest BCUT2D eigenvalue weighted by molar-refractivity contribution is 5.97. The zero-order chi connectivity index (χ0) is 17.1. The molecule has 1 aromatic heterocycles. The molecule has 1 aromatic carbocycles. The molecule has 3 rings (SSSR count). The van der Waals surface area contributed by atoms with Crippen LogP contribution in [0.3, 0.4) is 0 Å². The van der Waals surface area contributed by atoms with Crippen LogP contribution in [0.15, 0.2) is 48.8 Å². The van der Waals surface area contributed by atoms with E-state index in [-0.39, 0.29) is 12.0 Å². The van der Waals surface area contributed by atoms with Gasteiger partial charge in [-0.25, -0.2) is 0 Å². The molecule has 1 saturated heterocycles. The first-order valence-corrected chi connectivity index (χ1v) is 7.78. The molecule has 6 heteroatoms. The number of hydrogen-bond donors (Lipinski definition) is 1. The Bertz CT molecular complexity index is 748. The number of pyridine rings is 1. The standard InChI is InChI=1S/C18H19N3O3/c1-12-4-2-5-13(8-12)18(23)21-11-15(9-16(21)17(19)22)24-14-6-3-7-20-10-14/h2-8,10,15-16H,9,11H2,1H3,(H2,19,22)/t15-,16-/m0/s1. The molecule has 1 fully saturated rings. The van der Waals surface area contributed by atoms with Crippen molar-refractivity contribution in [1.82, 2.24) is 9.88 Å². The van der Waals surface area contributed by atoms with E-state index < -0.39 is 11.9 Å². The van der Waals surface area contributed by atoms with E-state index in [1.165, 1.54) is 4.90 Å². The van der Waals surface area contributed by atoms with Gasteiger partial charge in [0.15, 0.2) is 0 Å². The summed E-state index contributed by atoms with van der Waals surface area (Å²) in [6, 6.07) is 10.2. The average Bonchev–Trinajstić information content (AvgIpc) is 2.99. The fourth-order valence-electron chi connectivity index (χ4n) is 2.93. The third-order valence-electron chi connectivity index (χ3n) is 4.05. The van der Waals surface area contributed by atoms with Gasteiger partial charge in [0.2, 0.25) is 5.91 Å². The molecule has 2 aromatic rings. The number of amides is 2. The van der Waals surface area contributed by atoms with Gasteiger partial charge in [-0.2, -0.15) is 0 Å². The lowest BCUT2D eigenvalue weighted by molar-refractivity contribution is -0.121. The Morgan fingerprint density at radius 1 is 1.29 bits per heavy atom. The molecule has 0 saturated carbocycles. The molecule has 2 atom stereocenters. The largest absolute Gasteiger partial charge is 0.487 e. The monoisotopic (exact) mass is 325 g/mol. The highest BCUT2D eigenvalue weighted by Crippen LogP contribution is 2.24. The Balaban J connectivity index is 1.78. The Hall–Kier alpha value is -2.89. The summed E-state index contributed by atoms with van der Waals surface area (Å²) >= 11 is 0. The van der Waals surface area contributed by atoms with Crippen molar-refractivity contribution in [1.29, 1.82) is 0 Å². The van der Waals surface area contributed by atoms with Crippen molar-refractivity contribution in [2.45, 2.75) is 25.5 Å². The van der Waals surface area contributed by atoms with E-state index in [2.05, 4.69) is 4.98 Å². The van der Waals surface area contributed by atoms with Crippen LogP contribution in [0.5, 0.6) is 5.75 Å². The second-order valence-electron chi connectivity index (χ2n) is 5.91.